The lowest BCUT2D eigenvalue weighted by atomic mass is 10.1. The molecule has 49 heavy (non-hydrogen) atoms. The van der Waals surface area contributed by atoms with Crippen molar-refractivity contribution in [3.8, 4) is 31.2 Å². The second-order valence-corrected chi connectivity index (χ2v) is 14.2. The third-order valence-electron chi connectivity index (χ3n) is 9.08. The van der Waals surface area contributed by atoms with Crippen LogP contribution >= 0.6 is 22.7 Å². The van der Waals surface area contributed by atoms with E-state index in [0.717, 1.165) is 62.7 Å². The number of aromatic nitrogens is 6. The molecule has 17 heteroatoms. The summed E-state index contributed by atoms with van der Waals surface area (Å²) in [5, 5.41) is 4.17. The number of carbonyl (C=O) groups excluding carboxylic acids is 3. The highest BCUT2D eigenvalue weighted by Gasteiger charge is 2.39. The molecule has 5 atom stereocenters. The van der Waals surface area contributed by atoms with E-state index in [0.29, 0.717) is 25.3 Å². The minimum Gasteiger partial charge on any atom is -0.453 e. The van der Waals surface area contributed by atoms with Crippen molar-refractivity contribution in [3.63, 3.8) is 0 Å². The normalized spacial score (nSPS) is 19.6. The lowest BCUT2D eigenvalue weighted by molar-refractivity contribution is -0.137. The molecule has 4 aromatic heterocycles. The number of thiazole rings is 2. The van der Waals surface area contributed by atoms with E-state index in [1.54, 1.807) is 31.3 Å². The van der Waals surface area contributed by atoms with Crippen molar-refractivity contribution >= 4 is 40.6 Å². The molecule has 0 aromatic carbocycles. The van der Waals surface area contributed by atoms with Crippen LogP contribution in [-0.4, -0.2) is 110 Å². The van der Waals surface area contributed by atoms with Crippen LogP contribution in [0.1, 0.15) is 69.7 Å². The zero-order valence-electron chi connectivity index (χ0n) is 28.1. The quantitative estimate of drug-likeness (QED) is 0.189. The maximum atomic E-state index is 13.6. The smallest absolute Gasteiger partial charge is 0.407 e. The zero-order valence-corrected chi connectivity index (χ0v) is 29.7. The summed E-state index contributed by atoms with van der Waals surface area (Å²) in [7, 11) is 4.37. The number of likely N-dealkylation sites (tertiary alicyclic amines) is 2. The Labute approximate surface area is 291 Å². The Hall–Kier alpha value is -4.19. The molecule has 0 radical (unpaired) electrons. The van der Waals surface area contributed by atoms with E-state index in [2.05, 4.69) is 35.2 Å². The van der Waals surface area contributed by atoms with E-state index in [1.807, 2.05) is 24.2 Å². The van der Waals surface area contributed by atoms with Crippen LogP contribution in [0.2, 0.25) is 0 Å². The Kier molecular flexibility index (Phi) is 10.7. The highest BCUT2D eigenvalue weighted by molar-refractivity contribution is 7.24. The van der Waals surface area contributed by atoms with Gasteiger partial charge in [0.1, 0.15) is 27.7 Å². The molecule has 15 nitrogen and oxygen atoms in total. The average Bonchev–Trinajstić information content (AvgIpc) is 3.95. The van der Waals surface area contributed by atoms with Crippen LogP contribution in [0.4, 0.5) is 4.79 Å². The first-order valence-corrected chi connectivity index (χ1v) is 17.9. The number of rotatable bonds is 12. The van der Waals surface area contributed by atoms with Crippen molar-refractivity contribution in [2.24, 2.45) is 0 Å². The second kappa shape index (κ2) is 15.1. The Balaban J connectivity index is 1.13. The van der Waals surface area contributed by atoms with Gasteiger partial charge in [0, 0.05) is 39.7 Å². The summed E-state index contributed by atoms with van der Waals surface area (Å²) in [6, 6.07) is -1.27. The van der Waals surface area contributed by atoms with Crippen LogP contribution in [-0.2, 0) is 23.8 Å². The Morgan fingerprint density at radius 2 is 1.39 bits per heavy atom. The third kappa shape index (κ3) is 7.39. The number of imidazole rings is 2. The molecule has 0 spiro atoms. The highest BCUT2D eigenvalue weighted by atomic mass is 32.1. The maximum Gasteiger partial charge on any atom is 0.407 e. The molecule has 2 aliphatic heterocycles. The highest BCUT2D eigenvalue weighted by Crippen LogP contribution is 2.39. The number of nitrogens with zero attached hydrogens (tertiary/aromatic N) is 6. The van der Waals surface area contributed by atoms with Gasteiger partial charge in [0.05, 0.1) is 71.4 Å². The topological polar surface area (TPSA) is 181 Å². The van der Waals surface area contributed by atoms with Gasteiger partial charge in [-0.3, -0.25) is 9.59 Å². The predicted molar refractivity (Wildman–Crippen MR) is 183 cm³/mol. The van der Waals surface area contributed by atoms with Crippen molar-refractivity contribution in [1.29, 1.82) is 0 Å². The van der Waals surface area contributed by atoms with Gasteiger partial charge < -0.3 is 39.3 Å². The molecule has 0 aliphatic carbocycles. The molecule has 6 heterocycles. The van der Waals surface area contributed by atoms with E-state index in [1.165, 1.54) is 36.9 Å². The summed E-state index contributed by atoms with van der Waals surface area (Å²) in [5.74, 6) is 1.24. The summed E-state index contributed by atoms with van der Waals surface area (Å²) < 4.78 is 15.4. The lowest BCUT2D eigenvalue weighted by Gasteiger charge is -2.30. The molecule has 2 aliphatic rings. The molecule has 0 saturated carbocycles. The van der Waals surface area contributed by atoms with Gasteiger partial charge in [-0.1, -0.05) is 0 Å². The average molecular weight is 712 g/mol. The van der Waals surface area contributed by atoms with E-state index in [4.69, 9.17) is 14.2 Å². The molecule has 3 amide bonds. The number of alkyl carbamates (subject to hydrolysis) is 1. The van der Waals surface area contributed by atoms with Gasteiger partial charge in [-0.15, -0.1) is 22.7 Å². The van der Waals surface area contributed by atoms with E-state index >= 15 is 0 Å². The fourth-order valence-electron chi connectivity index (χ4n) is 6.25. The summed E-state index contributed by atoms with van der Waals surface area (Å²) in [5.41, 5.74) is 1.55. The number of carbonyl (C=O) groups is 3. The molecule has 6 rings (SSSR count). The number of amides is 3. The molecule has 262 valence electrons. The van der Waals surface area contributed by atoms with Crippen molar-refractivity contribution in [2.75, 3.05) is 34.4 Å². The molecule has 2 saturated heterocycles. The lowest BCUT2D eigenvalue weighted by Crippen LogP contribution is -2.54. The zero-order chi connectivity index (χ0) is 34.7. The van der Waals surface area contributed by atoms with Crippen molar-refractivity contribution < 1.29 is 28.6 Å². The van der Waals surface area contributed by atoms with Crippen LogP contribution in [0.25, 0.3) is 31.2 Å². The number of hydrogen-bond donors (Lipinski definition) is 3. The Bertz CT molecular complexity index is 1770. The van der Waals surface area contributed by atoms with Gasteiger partial charge in [0.25, 0.3) is 0 Å². The van der Waals surface area contributed by atoms with Gasteiger partial charge >= 0.3 is 6.09 Å². The molecule has 2 fully saturated rings. The summed E-state index contributed by atoms with van der Waals surface area (Å²) in [4.78, 5) is 69.3. The number of methoxy groups -OCH3 is 3. The summed E-state index contributed by atoms with van der Waals surface area (Å²) in [6.45, 7) is 4.87. The van der Waals surface area contributed by atoms with Crippen LogP contribution in [0.5, 0.6) is 0 Å². The maximum absolute atomic E-state index is 13.6. The summed E-state index contributed by atoms with van der Waals surface area (Å²) >= 11 is 3.05. The van der Waals surface area contributed by atoms with E-state index < -0.39 is 18.2 Å². The third-order valence-corrected chi connectivity index (χ3v) is 11.3. The molecular formula is C32H41N9O6S2. The number of nitrogens with one attached hydrogen (secondary N) is 3. The predicted octanol–water partition coefficient (Wildman–Crippen LogP) is 4.56. The van der Waals surface area contributed by atoms with Gasteiger partial charge in [0.2, 0.25) is 11.8 Å². The molecule has 3 N–H and O–H groups in total. The number of aromatic amines is 2. The van der Waals surface area contributed by atoms with Gasteiger partial charge in [-0.2, -0.15) is 0 Å². The van der Waals surface area contributed by atoms with E-state index in [-0.39, 0.29) is 30.0 Å². The molecule has 0 bridgehead atoms. The minimum atomic E-state index is -0.900. The van der Waals surface area contributed by atoms with Gasteiger partial charge in [0.15, 0.2) is 0 Å². The van der Waals surface area contributed by atoms with Crippen molar-refractivity contribution in [2.45, 2.75) is 76.3 Å². The number of hydrogen-bond acceptors (Lipinski definition) is 12. The first kappa shape index (κ1) is 34.7. The second-order valence-electron chi connectivity index (χ2n) is 12.2. The van der Waals surface area contributed by atoms with Gasteiger partial charge in [-0.25, -0.2) is 24.7 Å². The number of ether oxygens (including phenoxy) is 3. The summed E-state index contributed by atoms with van der Waals surface area (Å²) in [6.07, 6.45) is 9.44. The molecule has 4 aromatic rings. The number of H-pyrrole nitrogens is 2. The van der Waals surface area contributed by atoms with Crippen molar-refractivity contribution in [3.05, 3.63) is 36.4 Å². The monoisotopic (exact) mass is 711 g/mol. The van der Waals surface area contributed by atoms with Crippen LogP contribution < -0.4 is 5.32 Å². The fraction of sp³-hybridized carbons (Fsp3) is 0.531. The first-order valence-electron chi connectivity index (χ1n) is 16.2. The van der Waals surface area contributed by atoms with Crippen LogP contribution in [0, 0.1) is 0 Å². The largest absolute Gasteiger partial charge is 0.453 e. The molecular weight excluding hydrogens is 671 g/mol. The van der Waals surface area contributed by atoms with E-state index in [9.17, 15) is 14.4 Å². The Morgan fingerprint density at radius 3 is 1.92 bits per heavy atom. The Morgan fingerprint density at radius 1 is 0.837 bits per heavy atom. The SMILES string of the molecule is COC(=O)N[C@H](C(=O)N1CCC[C@H]1c1ncc(-c2ncc(-c3cnc(-c4cnc([C@@H]5CCCN5C(=O)C[C@@H](C)OC)[nH]4)s3)s2)[nH]1)[C@@H](C)OC. The first-order chi connectivity index (χ1) is 23.7. The standard InChI is InChI=1S/C32H41N9O6S2/c1-17(45-3)12-25(42)40-10-6-8-21(40)27-33-13-19(37-27)29-35-15-23(48-29)24-16-36-30(49-24)20-14-34-28(38-20)22-9-7-11-41(22)31(43)26(18(2)46-4)39-32(44)47-5/h13-18,21-22,26H,6-12H2,1-5H3,(H,33,37)(H,34,38)(H,39,44)/t17-,18-,21+,22+,26+/m1/s1. The van der Waals surface area contributed by atoms with Crippen molar-refractivity contribution in [1.82, 2.24) is 45.0 Å². The van der Waals surface area contributed by atoms with Crippen LogP contribution in [0.3, 0.4) is 0 Å². The van der Waals surface area contributed by atoms with Gasteiger partial charge in [-0.05, 0) is 39.5 Å². The minimum absolute atomic E-state index is 0.0732. The molecule has 0 unspecified atom stereocenters. The fourth-order valence-corrected chi connectivity index (χ4v) is 8.07. The van der Waals surface area contributed by atoms with Crippen LogP contribution in [0.15, 0.2) is 24.8 Å².